The average molecular weight is 279 g/mol. The van der Waals surface area contributed by atoms with E-state index in [9.17, 15) is 4.39 Å². The molecule has 0 radical (unpaired) electrons. The Hall–Kier alpha value is -1.02. The molecule has 1 unspecified atom stereocenters. The fourth-order valence-corrected chi connectivity index (χ4v) is 3.29. The number of thioether (sulfide) groups is 1. The number of nitrogens with zero attached hydrogens (tertiary/aromatic N) is 1. The summed E-state index contributed by atoms with van der Waals surface area (Å²) in [6.07, 6.45) is 0. The van der Waals surface area contributed by atoms with Crippen molar-refractivity contribution in [3.8, 4) is 11.8 Å². The van der Waals surface area contributed by atoms with Gasteiger partial charge in [0.1, 0.15) is 12.4 Å². The van der Waals surface area contributed by atoms with Crippen molar-refractivity contribution in [1.82, 2.24) is 4.90 Å². The molecule has 102 valence electrons. The van der Waals surface area contributed by atoms with Crippen molar-refractivity contribution in [2.75, 3.05) is 25.4 Å². The number of halogens is 1. The summed E-state index contributed by atoms with van der Waals surface area (Å²) in [5.41, 5.74) is 1.71. The molecule has 0 aromatic heterocycles. The van der Waals surface area contributed by atoms with E-state index < -0.39 is 0 Å². The molecule has 19 heavy (non-hydrogen) atoms. The first-order valence-corrected chi connectivity index (χ1v) is 7.46. The molecule has 1 N–H and O–H groups in total. The maximum atomic E-state index is 13.3. The van der Waals surface area contributed by atoms with E-state index in [0.29, 0.717) is 10.8 Å². The van der Waals surface area contributed by atoms with Crippen LogP contribution in [0.5, 0.6) is 0 Å². The van der Waals surface area contributed by atoms with Gasteiger partial charge in [-0.05, 0) is 17.7 Å². The number of benzene rings is 1. The molecule has 2 nitrogen and oxygen atoms in total. The van der Waals surface area contributed by atoms with E-state index in [1.807, 2.05) is 11.8 Å². The van der Waals surface area contributed by atoms with E-state index in [0.717, 1.165) is 31.0 Å². The SMILES string of the molecule is CC1CN(Cc2ccc(F)cc2C#CCO)CCS1. The third-order valence-electron chi connectivity index (χ3n) is 3.09. The lowest BCUT2D eigenvalue weighted by atomic mass is 10.1. The smallest absolute Gasteiger partial charge is 0.124 e. The molecule has 0 bridgehead atoms. The molecule has 4 heteroatoms. The van der Waals surface area contributed by atoms with Crippen LogP contribution in [0.25, 0.3) is 0 Å². The van der Waals surface area contributed by atoms with Crippen LogP contribution in [0.3, 0.4) is 0 Å². The fourth-order valence-electron chi connectivity index (χ4n) is 2.21. The second-order valence-corrected chi connectivity index (χ2v) is 6.22. The van der Waals surface area contributed by atoms with Gasteiger partial charge in [-0.1, -0.05) is 24.8 Å². The van der Waals surface area contributed by atoms with Crippen molar-refractivity contribution in [1.29, 1.82) is 0 Å². The predicted octanol–water partition coefficient (Wildman–Crippen LogP) is 2.11. The third kappa shape index (κ3) is 4.24. The molecule has 0 saturated carbocycles. The normalized spacial score (nSPS) is 19.8. The highest BCUT2D eigenvalue weighted by Gasteiger charge is 2.17. The molecule has 2 rings (SSSR count). The van der Waals surface area contributed by atoms with E-state index in [2.05, 4.69) is 23.7 Å². The molecule has 1 aliphatic heterocycles. The summed E-state index contributed by atoms with van der Waals surface area (Å²) in [4.78, 5) is 2.37. The van der Waals surface area contributed by atoms with E-state index in [1.165, 1.54) is 12.1 Å². The van der Waals surface area contributed by atoms with Gasteiger partial charge in [-0.15, -0.1) is 0 Å². The highest BCUT2D eigenvalue weighted by atomic mass is 32.2. The molecule has 1 fully saturated rings. The summed E-state index contributed by atoms with van der Waals surface area (Å²) in [5.74, 6) is 6.28. The highest BCUT2D eigenvalue weighted by molar-refractivity contribution is 7.99. The van der Waals surface area contributed by atoms with Crippen molar-refractivity contribution in [2.24, 2.45) is 0 Å². The maximum absolute atomic E-state index is 13.3. The Morgan fingerprint density at radius 3 is 3.11 bits per heavy atom. The molecule has 1 aromatic rings. The molecule has 1 saturated heterocycles. The zero-order valence-electron chi connectivity index (χ0n) is 11.0. The highest BCUT2D eigenvalue weighted by Crippen LogP contribution is 2.21. The second kappa shape index (κ2) is 6.95. The Labute approximate surface area is 118 Å². The Morgan fingerprint density at radius 1 is 1.53 bits per heavy atom. The number of aliphatic hydroxyl groups is 1. The van der Waals surface area contributed by atoms with Crippen LogP contribution in [0.1, 0.15) is 18.1 Å². The average Bonchev–Trinajstić information content (AvgIpc) is 2.39. The summed E-state index contributed by atoms with van der Waals surface area (Å²) in [6.45, 7) is 4.93. The molecular formula is C15H18FNOS. The number of rotatable bonds is 2. The molecular weight excluding hydrogens is 261 g/mol. The van der Waals surface area contributed by atoms with Gasteiger partial charge in [0.2, 0.25) is 0 Å². The number of hydrogen-bond acceptors (Lipinski definition) is 3. The minimum Gasteiger partial charge on any atom is -0.384 e. The number of hydrogen-bond donors (Lipinski definition) is 1. The Kier molecular flexibility index (Phi) is 5.26. The lowest BCUT2D eigenvalue weighted by molar-refractivity contribution is 0.278. The summed E-state index contributed by atoms with van der Waals surface area (Å²) in [5, 5.41) is 9.40. The van der Waals surface area contributed by atoms with Crippen LogP contribution < -0.4 is 0 Å². The quantitative estimate of drug-likeness (QED) is 0.839. The maximum Gasteiger partial charge on any atom is 0.124 e. The molecule has 0 aliphatic carbocycles. The van der Waals surface area contributed by atoms with Crippen molar-refractivity contribution in [2.45, 2.75) is 18.7 Å². The van der Waals surface area contributed by atoms with Crippen LogP contribution in [0.15, 0.2) is 18.2 Å². The lowest BCUT2D eigenvalue weighted by Gasteiger charge is -2.30. The third-order valence-corrected chi connectivity index (χ3v) is 4.23. The summed E-state index contributed by atoms with van der Waals surface area (Å²) in [6, 6.07) is 4.71. The van der Waals surface area contributed by atoms with E-state index in [4.69, 9.17) is 5.11 Å². The van der Waals surface area contributed by atoms with Crippen LogP contribution in [0.4, 0.5) is 4.39 Å². The lowest BCUT2D eigenvalue weighted by Crippen LogP contribution is -2.36. The molecule has 1 aromatic carbocycles. The minimum atomic E-state index is -0.284. The zero-order chi connectivity index (χ0) is 13.7. The van der Waals surface area contributed by atoms with Gasteiger partial charge in [0.25, 0.3) is 0 Å². The summed E-state index contributed by atoms with van der Waals surface area (Å²) >= 11 is 1.99. The van der Waals surface area contributed by atoms with Crippen molar-refractivity contribution in [3.63, 3.8) is 0 Å². The van der Waals surface area contributed by atoms with Crippen LogP contribution >= 0.6 is 11.8 Å². The van der Waals surface area contributed by atoms with Gasteiger partial charge in [-0.2, -0.15) is 11.8 Å². The standard InChI is InChI=1S/C15H18FNOS/c1-12-10-17(6-8-19-12)11-14-4-5-15(16)9-13(14)3-2-7-18/h4-5,9,12,18H,6-8,10-11H2,1H3. The molecule has 1 heterocycles. The van der Waals surface area contributed by atoms with Crippen LogP contribution in [0, 0.1) is 17.7 Å². The zero-order valence-corrected chi connectivity index (χ0v) is 11.8. The summed E-state index contributed by atoms with van der Waals surface area (Å²) < 4.78 is 13.3. The predicted molar refractivity (Wildman–Crippen MR) is 77.6 cm³/mol. The van der Waals surface area contributed by atoms with Gasteiger partial charge >= 0.3 is 0 Å². The minimum absolute atomic E-state index is 0.201. The van der Waals surface area contributed by atoms with Gasteiger partial charge in [0.05, 0.1) is 0 Å². The van der Waals surface area contributed by atoms with E-state index in [-0.39, 0.29) is 12.4 Å². The Morgan fingerprint density at radius 2 is 2.37 bits per heavy atom. The first-order chi connectivity index (χ1) is 9.19. The monoisotopic (exact) mass is 279 g/mol. The molecule has 0 amide bonds. The van der Waals surface area contributed by atoms with Crippen LogP contribution in [0.2, 0.25) is 0 Å². The fraction of sp³-hybridized carbons (Fsp3) is 0.467. The van der Waals surface area contributed by atoms with E-state index in [1.54, 1.807) is 6.07 Å². The largest absolute Gasteiger partial charge is 0.384 e. The second-order valence-electron chi connectivity index (χ2n) is 4.68. The Balaban J connectivity index is 2.14. The van der Waals surface area contributed by atoms with Crippen LogP contribution in [-0.2, 0) is 6.54 Å². The number of aliphatic hydroxyl groups excluding tert-OH is 1. The topological polar surface area (TPSA) is 23.5 Å². The van der Waals surface area contributed by atoms with Gasteiger partial charge < -0.3 is 5.11 Å². The van der Waals surface area contributed by atoms with Crippen molar-refractivity contribution < 1.29 is 9.50 Å². The molecule has 0 spiro atoms. The molecule has 1 aliphatic rings. The first-order valence-electron chi connectivity index (χ1n) is 6.41. The first kappa shape index (κ1) is 14.4. The van der Waals surface area contributed by atoms with Gasteiger partial charge in [-0.25, -0.2) is 4.39 Å². The molecule has 1 atom stereocenters. The van der Waals surface area contributed by atoms with E-state index >= 15 is 0 Å². The summed E-state index contributed by atoms with van der Waals surface area (Å²) in [7, 11) is 0. The Bertz CT molecular complexity index is 495. The van der Waals surface area contributed by atoms with Crippen molar-refractivity contribution in [3.05, 3.63) is 35.1 Å². The van der Waals surface area contributed by atoms with Gasteiger partial charge in [-0.3, -0.25) is 4.90 Å². The van der Waals surface area contributed by atoms with Gasteiger partial charge in [0, 0.05) is 36.2 Å². The van der Waals surface area contributed by atoms with Gasteiger partial charge in [0.15, 0.2) is 0 Å². The van der Waals surface area contributed by atoms with Crippen molar-refractivity contribution >= 4 is 11.8 Å². The van der Waals surface area contributed by atoms with Crippen LogP contribution in [-0.4, -0.2) is 40.7 Å².